The highest BCUT2D eigenvalue weighted by atomic mass is 16.3. The average Bonchev–Trinajstić information content (AvgIpc) is 3.05. The van der Waals surface area contributed by atoms with Gasteiger partial charge in [-0.25, -0.2) is 0 Å². The standard InChI is InChI=1S/C17H28N4O3/c1-12-13(2)19-21(14(12)3)9-7-18-16(24)10-17(11-22)6-5-8-20(17)15(4)23/h22H,5-11H2,1-4H3,(H,18,24)/t17-/m0/s1. The van der Waals surface area contributed by atoms with Crippen LogP contribution in [0.15, 0.2) is 0 Å². The Morgan fingerprint density at radius 2 is 2.04 bits per heavy atom. The van der Waals surface area contributed by atoms with Crippen LogP contribution in [0.25, 0.3) is 0 Å². The van der Waals surface area contributed by atoms with Crippen molar-refractivity contribution in [2.24, 2.45) is 0 Å². The molecule has 1 fully saturated rings. The molecular weight excluding hydrogens is 308 g/mol. The Kier molecular flexibility index (Phi) is 5.64. The topological polar surface area (TPSA) is 87.5 Å². The number of aliphatic hydroxyl groups excluding tert-OH is 1. The number of nitrogens with zero attached hydrogens (tertiary/aromatic N) is 3. The number of carbonyl (C=O) groups excluding carboxylic acids is 2. The maximum atomic E-state index is 12.3. The molecule has 2 N–H and O–H groups in total. The van der Waals surface area contributed by atoms with Crippen LogP contribution in [0, 0.1) is 20.8 Å². The van der Waals surface area contributed by atoms with Gasteiger partial charge in [-0.2, -0.15) is 5.10 Å². The van der Waals surface area contributed by atoms with Gasteiger partial charge in [-0.05, 0) is 39.2 Å². The van der Waals surface area contributed by atoms with Gasteiger partial charge in [0.2, 0.25) is 11.8 Å². The quantitative estimate of drug-likeness (QED) is 0.800. The van der Waals surface area contributed by atoms with Gasteiger partial charge in [0.25, 0.3) is 0 Å². The van der Waals surface area contributed by atoms with Gasteiger partial charge in [0.15, 0.2) is 0 Å². The molecule has 0 bridgehead atoms. The number of aryl methyl sites for hydroxylation is 1. The van der Waals surface area contributed by atoms with Crippen molar-refractivity contribution in [1.29, 1.82) is 0 Å². The number of rotatable bonds is 6. The van der Waals surface area contributed by atoms with Crippen LogP contribution >= 0.6 is 0 Å². The second kappa shape index (κ2) is 7.34. The molecule has 7 heteroatoms. The van der Waals surface area contributed by atoms with Crippen LogP contribution in [0.5, 0.6) is 0 Å². The molecule has 0 unspecified atom stereocenters. The lowest BCUT2D eigenvalue weighted by atomic mass is 9.92. The molecular formula is C17H28N4O3. The number of likely N-dealkylation sites (tertiary alicyclic amines) is 1. The first kappa shape index (κ1) is 18.4. The summed E-state index contributed by atoms with van der Waals surface area (Å²) in [5, 5.41) is 17.1. The first-order chi connectivity index (χ1) is 11.3. The Balaban J connectivity index is 1.90. The van der Waals surface area contributed by atoms with E-state index < -0.39 is 5.54 Å². The highest BCUT2D eigenvalue weighted by Gasteiger charge is 2.43. The summed E-state index contributed by atoms with van der Waals surface area (Å²) in [4.78, 5) is 25.7. The predicted molar refractivity (Wildman–Crippen MR) is 90.5 cm³/mol. The molecule has 1 aliphatic heterocycles. The van der Waals surface area contributed by atoms with E-state index in [9.17, 15) is 14.7 Å². The van der Waals surface area contributed by atoms with Gasteiger partial charge >= 0.3 is 0 Å². The molecule has 7 nitrogen and oxygen atoms in total. The first-order valence-corrected chi connectivity index (χ1v) is 8.47. The van der Waals surface area contributed by atoms with E-state index in [1.807, 2.05) is 25.5 Å². The number of carbonyl (C=O) groups is 2. The zero-order chi connectivity index (χ0) is 17.9. The highest BCUT2D eigenvalue weighted by molar-refractivity contribution is 5.80. The van der Waals surface area contributed by atoms with E-state index in [0.717, 1.165) is 17.8 Å². The Morgan fingerprint density at radius 1 is 1.33 bits per heavy atom. The highest BCUT2D eigenvalue weighted by Crippen LogP contribution is 2.32. The third-order valence-corrected chi connectivity index (χ3v) is 5.15. The van der Waals surface area contributed by atoms with Crippen molar-refractivity contribution in [2.45, 2.75) is 59.0 Å². The maximum absolute atomic E-state index is 12.3. The molecule has 0 spiro atoms. The molecule has 2 rings (SSSR count). The van der Waals surface area contributed by atoms with Crippen LogP contribution in [-0.4, -0.2) is 56.8 Å². The summed E-state index contributed by atoms with van der Waals surface area (Å²) in [5.41, 5.74) is 2.53. The van der Waals surface area contributed by atoms with Crippen molar-refractivity contribution in [3.63, 3.8) is 0 Å². The Morgan fingerprint density at radius 3 is 2.58 bits per heavy atom. The van der Waals surface area contributed by atoms with Crippen LogP contribution in [-0.2, 0) is 16.1 Å². The molecule has 1 aliphatic rings. The molecule has 0 aliphatic carbocycles. The lowest BCUT2D eigenvalue weighted by molar-refractivity contribution is -0.137. The summed E-state index contributed by atoms with van der Waals surface area (Å²) in [7, 11) is 0. The van der Waals surface area contributed by atoms with Gasteiger partial charge in [0, 0.05) is 25.7 Å². The molecule has 0 radical (unpaired) electrons. The van der Waals surface area contributed by atoms with E-state index in [4.69, 9.17) is 0 Å². The van der Waals surface area contributed by atoms with E-state index in [0.29, 0.717) is 26.1 Å². The third-order valence-electron chi connectivity index (χ3n) is 5.15. The molecule has 1 atom stereocenters. The van der Waals surface area contributed by atoms with Crippen molar-refractivity contribution in [2.75, 3.05) is 19.7 Å². The van der Waals surface area contributed by atoms with Gasteiger partial charge < -0.3 is 15.3 Å². The average molecular weight is 336 g/mol. The molecule has 134 valence electrons. The van der Waals surface area contributed by atoms with Gasteiger partial charge in [-0.15, -0.1) is 0 Å². The van der Waals surface area contributed by atoms with Crippen LogP contribution < -0.4 is 5.32 Å². The van der Waals surface area contributed by atoms with Gasteiger partial charge in [0.1, 0.15) is 0 Å². The second-order valence-electron chi connectivity index (χ2n) is 6.70. The fraction of sp³-hybridized carbons (Fsp3) is 0.706. The van der Waals surface area contributed by atoms with Crippen molar-refractivity contribution >= 4 is 11.8 Å². The summed E-state index contributed by atoms with van der Waals surface area (Å²) >= 11 is 0. The summed E-state index contributed by atoms with van der Waals surface area (Å²) < 4.78 is 1.89. The van der Waals surface area contributed by atoms with Gasteiger partial charge in [0.05, 0.1) is 30.8 Å². The molecule has 2 amide bonds. The number of nitrogens with one attached hydrogen (secondary N) is 1. The van der Waals surface area contributed by atoms with Gasteiger partial charge in [-0.3, -0.25) is 14.3 Å². The third kappa shape index (κ3) is 3.61. The van der Waals surface area contributed by atoms with E-state index in [1.54, 1.807) is 4.90 Å². The minimum atomic E-state index is -0.745. The Labute approximate surface area is 143 Å². The zero-order valence-electron chi connectivity index (χ0n) is 15.1. The molecule has 0 saturated carbocycles. The number of amides is 2. The lowest BCUT2D eigenvalue weighted by Gasteiger charge is -2.36. The van der Waals surface area contributed by atoms with Crippen LogP contribution in [0.2, 0.25) is 0 Å². The summed E-state index contributed by atoms with van der Waals surface area (Å²) in [6.07, 6.45) is 1.62. The van der Waals surface area contributed by atoms with Crippen LogP contribution in [0.4, 0.5) is 0 Å². The van der Waals surface area contributed by atoms with E-state index in [-0.39, 0.29) is 24.8 Å². The predicted octanol–water partition coefficient (Wildman–Crippen LogP) is 0.688. The summed E-state index contributed by atoms with van der Waals surface area (Å²) in [6, 6.07) is 0. The van der Waals surface area contributed by atoms with Crippen molar-refractivity contribution in [3.8, 4) is 0 Å². The normalized spacial score (nSPS) is 20.5. The van der Waals surface area contributed by atoms with Crippen LogP contribution in [0.1, 0.15) is 43.1 Å². The molecule has 0 aromatic carbocycles. The Bertz CT molecular complexity index is 626. The maximum Gasteiger partial charge on any atom is 0.222 e. The smallest absolute Gasteiger partial charge is 0.222 e. The summed E-state index contributed by atoms with van der Waals surface area (Å²) in [6.45, 7) is 9.01. The van der Waals surface area contributed by atoms with E-state index in [2.05, 4.69) is 10.4 Å². The SMILES string of the molecule is CC(=O)N1CCC[C@@]1(CO)CC(=O)NCCn1nc(C)c(C)c1C. The number of aromatic nitrogens is 2. The largest absolute Gasteiger partial charge is 0.394 e. The zero-order valence-corrected chi connectivity index (χ0v) is 15.1. The molecule has 1 aromatic heterocycles. The Hall–Kier alpha value is -1.89. The van der Waals surface area contributed by atoms with Crippen LogP contribution in [0.3, 0.4) is 0 Å². The van der Waals surface area contributed by atoms with Gasteiger partial charge in [-0.1, -0.05) is 0 Å². The molecule has 24 heavy (non-hydrogen) atoms. The summed E-state index contributed by atoms with van der Waals surface area (Å²) in [5.74, 6) is -0.233. The number of hydrogen-bond donors (Lipinski definition) is 2. The number of aliphatic hydroxyl groups is 1. The fourth-order valence-electron chi connectivity index (χ4n) is 3.50. The number of hydrogen-bond acceptors (Lipinski definition) is 4. The van der Waals surface area contributed by atoms with Crippen molar-refractivity contribution < 1.29 is 14.7 Å². The first-order valence-electron chi connectivity index (χ1n) is 8.47. The molecule has 1 aromatic rings. The van der Waals surface area contributed by atoms with E-state index in [1.165, 1.54) is 12.5 Å². The van der Waals surface area contributed by atoms with Crippen molar-refractivity contribution in [1.82, 2.24) is 20.0 Å². The lowest BCUT2D eigenvalue weighted by Crippen LogP contribution is -2.52. The second-order valence-corrected chi connectivity index (χ2v) is 6.70. The monoisotopic (exact) mass is 336 g/mol. The van der Waals surface area contributed by atoms with Crippen molar-refractivity contribution in [3.05, 3.63) is 17.0 Å². The van der Waals surface area contributed by atoms with E-state index >= 15 is 0 Å². The minimum absolute atomic E-state index is 0.0903. The fourth-order valence-corrected chi connectivity index (χ4v) is 3.50. The minimum Gasteiger partial charge on any atom is -0.394 e. The molecule has 1 saturated heterocycles. The molecule has 2 heterocycles.